The first-order valence-electron chi connectivity index (χ1n) is 6.18. The zero-order valence-electron chi connectivity index (χ0n) is 11.2. The van der Waals surface area contributed by atoms with Crippen molar-refractivity contribution in [2.75, 3.05) is 6.54 Å². The smallest absolute Gasteiger partial charge is 0.124 e. The fourth-order valence-corrected chi connectivity index (χ4v) is 1.70. The summed E-state index contributed by atoms with van der Waals surface area (Å²) < 4.78 is 0. The molecule has 0 saturated carbocycles. The number of phenolic OH excluding ortho intramolecular Hbond substituents is 2. The van der Waals surface area contributed by atoms with Crippen LogP contribution in [0.4, 0.5) is 0 Å². The number of para-hydroxylation sites is 2. The molecule has 5 heteroatoms. The van der Waals surface area contributed by atoms with Crippen molar-refractivity contribution >= 4 is 12.3 Å². The summed E-state index contributed by atoms with van der Waals surface area (Å²) in [6.45, 7) is 0.294. The summed E-state index contributed by atoms with van der Waals surface area (Å²) in [5, 5.41) is 19.2. The van der Waals surface area contributed by atoms with E-state index >= 15 is 0 Å². The minimum atomic E-state index is 0. The Morgan fingerprint density at radius 3 is 2.05 bits per heavy atom. The maximum Gasteiger partial charge on any atom is 0.124 e. The third kappa shape index (κ3) is 4.99. The molecular weight excluding hydrogens is 316 g/mol. The summed E-state index contributed by atoms with van der Waals surface area (Å²) in [4.78, 5) is 4.17. The minimum absolute atomic E-state index is 0. The number of benzene rings is 2. The van der Waals surface area contributed by atoms with E-state index in [2.05, 4.69) is 4.99 Å². The molecule has 2 aromatic carbocycles. The van der Waals surface area contributed by atoms with Gasteiger partial charge in [-0.25, -0.2) is 0 Å². The Bertz CT molecular complexity index is 654. The van der Waals surface area contributed by atoms with Crippen molar-refractivity contribution in [3.05, 3.63) is 65.4 Å². The molecule has 2 aromatic rings. The Balaban J connectivity index is 0.00000220. The Hall–Kier alpha value is -2.23. The van der Waals surface area contributed by atoms with Crippen LogP contribution in [0, 0.1) is 0 Å². The summed E-state index contributed by atoms with van der Waals surface area (Å²) in [5.41, 5.74) is 7.67. The van der Waals surface area contributed by atoms with Gasteiger partial charge in [0.25, 0.3) is 0 Å². The van der Waals surface area contributed by atoms with Gasteiger partial charge in [-0.1, -0.05) is 30.3 Å². The van der Waals surface area contributed by atoms with Gasteiger partial charge in [0.15, 0.2) is 0 Å². The largest absolute Gasteiger partial charge is 0.507 e. The molecule has 0 unspecified atom stereocenters. The van der Waals surface area contributed by atoms with Crippen LogP contribution in [0.2, 0.25) is 0 Å². The van der Waals surface area contributed by atoms with E-state index in [9.17, 15) is 10.2 Å². The van der Waals surface area contributed by atoms with Gasteiger partial charge >= 0.3 is 0 Å². The number of hydrogen-bond donors (Lipinski definition) is 3. The molecule has 0 amide bonds. The van der Waals surface area contributed by atoms with Gasteiger partial charge in [0.1, 0.15) is 11.5 Å². The molecule has 0 aliphatic heterocycles. The van der Waals surface area contributed by atoms with Crippen molar-refractivity contribution in [3.8, 4) is 11.5 Å². The monoisotopic (exact) mass is 331 g/mol. The number of nitrogens with zero attached hydrogens (tertiary/aromatic N) is 1. The molecule has 4 nitrogen and oxygen atoms in total. The first-order chi connectivity index (χ1) is 9.66. The fraction of sp³-hybridized carbons (Fsp3) is 0.0625. The second-order valence-electron chi connectivity index (χ2n) is 4.31. The summed E-state index contributed by atoms with van der Waals surface area (Å²) in [7, 11) is 0. The van der Waals surface area contributed by atoms with E-state index < -0.39 is 0 Å². The molecule has 0 atom stereocenters. The van der Waals surface area contributed by atoms with Crippen LogP contribution in [0.25, 0.3) is 6.08 Å². The topological polar surface area (TPSA) is 78.8 Å². The van der Waals surface area contributed by atoms with Gasteiger partial charge in [-0.05, 0) is 24.3 Å². The maximum atomic E-state index is 9.63. The van der Waals surface area contributed by atoms with Crippen LogP contribution >= 0.6 is 0 Å². The summed E-state index contributed by atoms with van der Waals surface area (Å²) in [5.74, 6) is 0.361. The standard InChI is InChI=1S/C16H16N2O2.Cu/c17-14(9-12-5-1-3-7-15(12)19)11-18-10-13-6-2-4-8-16(13)20;/h1-10,19-20H,11,17H2;. The van der Waals surface area contributed by atoms with Crippen LogP contribution in [0.15, 0.2) is 59.2 Å². The van der Waals surface area contributed by atoms with E-state index in [0.29, 0.717) is 23.4 Å². The summed E-state index contributed by atoms with van der Waals surface area (Å²) in [6, 6.07) is 13.9. The Morgan fingerprint density at radius 2 is 1.48 bits per heavy atom. The predicted molar refractivity (Wildman–Crippen MR) is 80.8 cm³/mol. The second-order valence-corrected chi connectivity index (χ2v) is 4.31. The van der Waals surface area contributed by atoms with Crippen molar-refractivity contribution in [1.82, 2.24) is 0 Å². The van der Waals surface area contributed by atoms with E-state index in [1.165, 1.54) is 0 Å². The molecule has 0 fully saturated rings. The van der Waals surface area contributed by atoms with Gasteiger partial charge < -0.3 is 15.9 Å². The number of aromatic hydroxyl groups is 2. The molecule has 0 aliphatic rings. The van der Waals surface area contributed by atoms with Crippen LogP contribution in [-0.4, -0.2) is 23.0 Å². The van der Waals surface area contributed by atoms with Crippen molar-refractivity contribution in [2.45, 2.75) is 0 Å². The molecule has 0 aliphatic carbocycles. The average molecular weight is 332 g/mol. The summed E-state index contributed by atoms with van der Waals surface area (Å²) in [6.07, 6.45) is 3.25. The van der Waals surface area contributed by atoms with E-state index in [1.807, 2.05) is 12.1 Å². The van der Waals surface area contributed by atoms with Gasteiger partial charge in [0.05, 0.1) is 6.54 Å². The van der Waals surface area contributed by atoms with E-state index in [4.69, 9.17) is 5.73 Å². The Kier molecular flexibility index (Phi) is 6.52. The molecular formula is C16H16CuN2O2. The van der Waals surface area contributed by atoms with Gasteiger partial charge in [-0.2, -0.15) is 0 Å². The van der Waals surface area contributed by atoms with Gasteiger partial charge in [-0.3, -0.25) is 4.99 Å². The van der Waals surface area contributed by atoms with E-state index in [1.54, 1.807) is 48.7 Å². The van der Waals surface area contributed by atoms with Gasteiger partial charge in [0, 0.05) is 40.1 Å². The molecule has 0 heterocycles. The third-order valence-electron chi connectivity index (χ3n) is 2.72. The zero-order chi connectivity index (χ0) is 14.4. The van der Waals surface area contributed by atoms with Crippen LogP contribution in [-0.2, 0) is 17.1 Å². The quantitative estimate of drug-likeness (QED) is 0.595. The van der Waals surface area contributed by atoms with E-state index in [-0.39, 0.29) is 28.6 Å². The normalized spacial score (nSPS) is 11.3. The van der Waals surface area contributed by atoms with Crippen molar-refractivity contribution < 1.29 is 27.3 Å². The van der Waals surface area contributed by atoms with Crippen molar-refractivity contribution in [3.63, 3.8) is 0 Å². The second kappa shape index (κ2) is 8.14. The first kappa shape index (κ1) is 16.8. The number of hydrogen-bond acceptors (Lipinski definition) is 4. The van der Waals surface area contributed by atoms with Gasteiger partial charge in [0.2, 0.25) is 0 Å². The molecule has 0 bridgehead atoms. The number of nitrogens with two attached hydrogens (primary N) is 1. The Labute approximate surface area is 134 Å². The minimum Gasteiger partial charge on any atom is -0.507 e. The van der Waals surface area contributed by atoms with Crippen LogP contribution in [0.1, 0.15) is 11.1 Å². The molecule has 4 N–H and O–H groups in total. The average Bonchev–Trinajstić information content (AvgIpc) is 2.43. The number of aliphatic imine (C=N–C) groups is 1. The molecule has 113 valence electrons. The third-order valence-corrected chi connectivity index (χ3v) is 2.72. The van der Waals surface area contributed by atoms with Crippen molar-refractivity contribution in [2.24, 2.45) is 10.7 Å². The fourth-order valence-electron chi connectivity index (χ4n) is 1.70. The molecule has 0 aromatic heterocycles. The number of rotatable bonds is 4. The number of phenols is 2. The maximum absolute atomic E-state index is 9.63. The SMILES string of the molecule is NC(=Cc1ccccc1O)CN=Cc1ccccc1O.[Cu]. The molecule has 2 rings (SSSR count). The predicted octanol–water partition coefficient (Wildman–Crippen LogP) is 2.51. The molecule has 21 heavy (non-hydrogen) atoms. The van der Waals surface area contributed by atoms with Crippen LogP contribution in [0.3, 0.4) is 0 Å². The van der Waals surface area contributed by atoms with Gasteiger partial charge in [-0.15, -0.1) is 0 Å². The first-order valence-corrected chi connectivity index (χ1v) is 6.18. The molecule has 1 radical (unpaired) electrons. The van der Waals surface area contributed by atoms with Crippen molar-refractivity contribution in [1.29, 1.82) is 0 Å². The summed E-state index contributed by atoms with van der Waals surface area (Å²) >= 11 is 0. The molecule has 0 saturated heterocycles. The van der Waals surface area contributed by atoms with E-state index in [0.717, 1.165) is 0 Å². The van der Waals surface area contributed by atoms with Crippen LogP contribution in [0.5, 0.6) is 11.5 Å². The molecule has 0 spiro atoms. The Morgan fingerprint density at radius 1 is 0.952 bits per heavy atom. The zero-order valence-corrected chi connectivity index (χ0v) is 12.1. The van der Waals surface area contributed by atoms with Crippen LogP contribution < -0.4 is 5.73 Å².